The van der Waals surface area contributed by atoms with E-state index in [1.54, 1.807) is 0 Å². The first-order valence-electron chi connectivity index (χ1n) is 9.56. The van der Waals surface area contributed by atoms with E-state index in [0.717, 1.165) is 26.1 Å². The summed E-state index contributed by atoms with van der Waals surface area (Å²) in [6, 6.07) is 10.3. The highest BCUT2D eigenvalue weighted by atomic mass is 15.2. The second-order valence-electron chi connectivity index (χ2n) is 8.40. The van der Waals surface area contributed by atoms with E-state index in [0.29, 0.717) is 12.1 Å². The molecule has 0 bridgehead atoms. The van der Waals surface area contributed by atoms with Crippen molar-refractivity contribution in [1.29, 1.82) is 0 Å². The first kappa shape index (κ1) is 19.3. The lowest BCUT2D eigenvalue weighted by Crippen LogP contribution is -2.52. The summed E-state index contributed by atoms with van der Waals surface area (Å²) in [5, 5.41) is 3.90. The van der Waals surface area contributed by atoms with E-state index in [2.05, 4.69) is 81.2 Å². The zero-order valence-corrected chi connectivity index (χ0v) is 16.6. The van der Waals surface area contributed by atoms with Crippen LogP contribution in [0, 0.1) is 5.41 Å². The third kappa shape index (κ3) is 5.22. The van der Waals surface area contributed by atoms with E-state index >= 15 is 0 Å². The highest BCUT2D eigenvalue weighted by Gasteiger charge is 2.29. The molecule has 1 fully saturated rings. The average molecular weight is 332 g/mol. The van der Waals surface area contributed by atoms with Crippen LogP contribution in [0.25, 0.3) is 0 Å². The molecule has 3 heteroatoms. The maximum absolute atomic E-state index is 3.90. The molecule has 136 valence electrons. The van der Waals surface area contributed by atoms with Gasteiger partial charge in [0.15, 0.2) is 0 Å². The number of benzene rings is 1. The van der Waals surface area contributed by atoms with Gasteiger partial charge in [-0.2, -0.15) is 0 Å². The Morgan fingerprint density at radius 3 is 2.25 bits per heavy atom. The summed E-state index contributed by atoms with van der Waals surface area (Å²) in [4.78, 5) is 4.83. The highest BCUT2D eigenvalue weighted by Crippen LogP contribution is 2.25. The maximum atomic E-state index is 3.90. The van der Waals surface area contributed by atoms with E-state index in [9.17, 15) is 0 Å². The number of nitrogens with zero attached hydrogens (tertiary/aromatic N) is 2. The smallest absolute Gasteiger partial charge is 0.0366 e. The molecule has 1 N–H and O–H groups in total. The van der Waals surface area contributed by atoms with Crippen molar-refractivity contribution >= 4 is 5.69 Å². The van der Waals surface area contributed by atoms with Crippen LogP contribution in [-0.4, -0.2) is 50.7 Å². The third-order valence-electron chi connectivity index (χ3n) is 5.59. The number of hydrogen-bond donors (Lipinski definition) is 1. The minimum Gasteiger partial charge on any atom is -0.371 e. The molecule has 0 aliphatic carbocycles. The summed E-state index contributed by atoms with van der Waals surface area (Å²) in [7, 11) is 4.33. The van der Waals surface area contributed by atoms with Gasteiger partial charge in [-0.1, -0.05) is 32.9 Å². The van der Waals surface area contributed by atoms with Crippen molar-refractivity contribution in [3.05, 3.63) is 29.8 Å². The van der Waals surface area contributed by atoms with Gasteiger partial charge in [-0.3, -0.25) is 0 Å². The quantitative estimate of drug-likeness (QED) is 0.820. The Kier molecular flexibility index (Phi) is 6.70. The van der Waals surface area contributed by atoms with Crippen LogP contribution in [0.3, 0.4) is 0 Å². The Morgan fingerprint density at radius 2 is 1.75 bits per heavy atom. The second-order valence-corrected chi connectivity index (χ2v) is 8.40. The largest absolute Gasteiger partial charge is 0.371 e. The van der Waals surface area contributed by atoms with Gasteiger partial charge < -0.3 is 15.1 Å². The lowest BCUT2D eigenvalue weighted by atomic mass is 9.84. The third-order valence-corrected chi connectivity index (χ3v) is 5.59. The van der Waals surface area contributed by atoms with Crippen molar-refractivity contribution in [2.24, 2.45) is 5.41 Å². The van der Waals surface area contributed by atoms with Crippen molar-refractivity contribution in [2.45, 2.75) is 59.0 Å². The van der Waals surface area contributed by atoms with Gasteiger partial charge in [-0.15, -0.1) is 0 Å². The lowest BCUT2D eigenvalue weighted by Gasteiger charge is -2.40. The second kappa shape index (κ2) is 8.35. The number of piperidine rings is 1. The first-order valence-corrected chi connectivity index (χ1v) is 9.56. The molecule has 0 saturated carbocycles. The molecule has 0 unspecified atom stereocenters. The SMILES string of the molecule is CCc1ccc(N2CCC(N[C@@H](C)C(C)(C)CN(C)C)CC2)cc1. The summed E-state index contributed by atoms with van der Waals surface area (Å²) in [6.07, 6.45) is 3.59. The Hall–Kier alpha value is -1.06. The van der Waals surface area contributed by atoms with Crippen LogP contribution in [0.1, 0.15) is 46.1 Å². The molecule has 0 amide bonds. The van der Waals surface area contributed by atoms with Crippen LogP contribution in [0.15, 0.2) is 24.3 Å². The summed E-state index contributed by atoms with van der Waals surface area (Å²) in [5.41, 5.74) is 3.09. The molecular formula is C21H37N3. The fourth-order valence-electron chi connectivity index (χ4n) is 3.78. The molecular weight excluding hydrogens is 294 g/mol. The molecule has 0 spiro atoms. The van der Waals surface area contributed by atoms with Gasteiger partial charge in [0.05, 0.1) is 0 Å². The molecule has 1 aromatic rings. The Morgan fingerprint density at radius 1 is 1.17 bits per heavy atom. The highest BCUT2D eigenvalue weighted by molar-refractivity contribution is 5.48. The fourth-order valence-corrected chi connectivity index (χ4v) is 3.78. The van der Waals surface area contributed by atoms with Crippen LogP contribution in [0.5, 0.6) is 0 Å². The standard InChI is InChI=1S/C21H37N3/c1-7-18-8-10-20(11-9-18)24-14-12-19(13-15-24)22-17(2)21(3,4)16-23(5)6/h8-11,17,19,22H,7,12-16H2,1-6H3/t17-/m0/s1. The predicted octanol–water partition coefficient (Wildman–Crippen LogP) is 3.78. The number of nitrogens with one attached hydrogen (secondary N) is 1. The van der Waals surface area contributed by atoms with Crippen molar-refractivity contribution in [1.82, 2.24) is 10.2 Å². The van der Waals surface area contributed by atoms with E-state index in [-0.39, 0.29) is 5.41 Å². The topological polar surface area (TPSA) is 18.5 Å². The van der Waals surface area contributed by atoms with E-state index in [4.69, 9.17) is 0 Å². The molecule has 1 saturated heterocycles. The van der Waals surface area contributed by atoms with Crippen LogP contribution in [0.2, 0.25) is 0 Å². The molecule has 1 heterocycles. The van der Waals surface area contributed by atoms with Crippen molar-refractivity contribution in [3.8, 4) is 0 Å². The minimum absolute atomic E-state index is 0.288. The molecule has 3 nitrogen and oxygen atoms in total. The van der Waals surface area contributed by atoms with Gasteiger partial charge in [0.1, 0.15) is 0 Å². The van der Waals surface area contributed by atoms with Crippen molar-refractivity contribution in [3.63, 3.8) is 0 Å². The van der Waals surface area contributed by atoms with E-state index in [1.165, 1.54) is 24.1 Å². The zero-order chi connectivity index (χ0) is 17.7. The van der Waals surface area contributed by atoms with Crippen molar-refractivity contribution < 1.29 is 0 Å². The Bertz CT molecular complexity index is 484. The Labute approximate surface area is 149 Å². The number of hydrogen-bond acceptors (Lipinski definition) is 3. The average Bonchev–Trinajstić information content (AvgIpc) is 2.54. The summed E-state index contributed by atoms with van der Waals surface area (Å²) >= 11 is 0. The number of rotatable bonds is 7. The molecule has 1 aromatic carbocycles. The van der Waals surface area contributed by atoms with Crippen LogP contribution in [-0.2, 0) is 6.42 Å². The molecule has 1 aliphatic heterocycles. The molecule has 24 heavy (non-hydrogen) atoms. The fraction of sp³-hybridized carbons (Fsp3) is 0.714. The normalized spacial score (nSPS) is 18.2. The van der Waals surface area contributed by atoms with Crippen LogP contribution in [0.4, 0.5) is 5.69 Å². The van der Waals surface area contributed by atoms with Gasteiger partial charge in [-0.05, 0) is 63.4 Å². The Balaban J connectivity index is 1.83. The molecule has 0 aromatic heterocycles. The zero-order valence-electron chi connectivity index (χ0n) is 16.6. The summed E-state index contributed by atoms with van der Waals surface area (Å²) in [5.74, 6) is 0. The predicted molar refractivity (Wildman–Crippen MR) is 106 cm³/mol. The monoisotopic (exact) mass is 331 g/mol. The molecule has 0 radical (unpaired) electrons. The van der Waals surface area contributed by atoms with Crippen LogP contribution < -0.4 is 10.2 Å². The van der Waals surface area contributed by atoms with Gasteiger partial charge in [0.2, 0.25) is 0 Å². The number of aryl methyl sites for hydroxylation is 1. The minimum atomic E-state index is 0.288. The van der Waals surface area contributed by atoms with E-state index in [1.807, 2.05) is 0 Å². The molecule has 1 aliphatic rings. The number of anilines is 1. The lowest BCUT2D eigenvalue weighted by molar-refractivity contribution is 0.169. The summed E-state index contributed by atoms with van der Waals surface area (Å²) in [6.45, 7) is 12.7. The molecule has 1 atom stereocenters. The first-order chi connectivity index (χ1) is 11.3. The summed E-state index contributed by atoms with van der Waals surface area (Å²) < 4.78 is 0. The molecule has 2 rings (SSSR count). The van der Waals surface area contributed by atoms with Gasteiger partial charge in [0.25, 0.3) is 0 Å². The van der Waals surface area contributed by atoms with Gasteiger partial charge >= 0.3 is 0 Å². The van der Waals surface area contributed by atoms with Crippen molar-refractivity contribution in [2.75, 3.05) is 38.6 Å². The maximum Gasteiger partial charge on any atom is 0.0366 e. The van der Waals surface area contributed by atoms with Crippen LogP contribution >= 0.6 is 0 Å². The van der Waals surface area contributed by atoms with Gasteiger partial charge in [0, 0.05) is 37.4 Å². The van der Waals surface area contributed by atoms with Gasteiger partial charge in [-0.25, -0.2) is 0 Å². The van der Waals surface area contributed by atoms with E-state index < -0.39 is 0 Å².